The van der Waals surface area contributed by atoms with E-state index in [2.05, 4.69) is 15.3 Å². The van der Waals surface area contributed by atoms with Gasteiger partial charge in [0, 0.05) is 39.2 Å². The van der Waals surface area contributed by atoms with E-state index in [9.17, 15) is 4.79 Å². The van der Waals surface area contributed by atoms with Crippen LogP contribution in [0.1, 0.15) is 15.9 Å². The zero-order valence-electron chi connectivity index (χ0n) is 11.0. The molecule has 0 bridgehead atoms. The first-order valence-electron chi connectivity index (χ1n) is 5.97. The van der Waals surface area contributed by atoms with Gasteiger partial charge in [0.2, 0.25) is 0 Å². The Morgan fingerprint density at radius 3 is 2.53 bits per heavy atom. The minimum atomic E-state index is -0.0480. The Bertz CT molecular complexity index is 537. The second-order valence-corrected chi connectivity index (χ2v) is 4.34. The molecule has 2 aromatic heterocycles. The highest BCUT2D eigenvalue weighted by molar-refractivity contribution is 5.93. The lowest BCUT2D eigenvalue weighted by Gasteiger charge is -2.10. The van der Waals surface area contributed by atoms with Crippen LogP contribution in [0.5, 0.6) is 0 Å². The normalized spacial score (nSPS) is 10.0. The summed E-state index contributed by atoms with van der Waals surface area (Å²) in [4.78, 5) is 21.4. The van der Waals surface area contributed by atoms with Gasteiger partial charge in [0.15, 0.2) is 0 Å². The van der Waals surface area contributed by atoms with Crippen molar-refractivity contribution in [3.63, 3.8) is 0 Å². The van der Waals surface area contributed by atoms with Gasteiger partial charge in [-0.15, -0.1) is 0 Å². The monoisotopic (exact) mass is 256 g/mol. The maximum absolute atomic E-state index is 11.7. The van der Waals surface area contributed by atoms with E-state index in [-0.39, 0.29) is 5.91 Å². The number of hydrogen-bond acceptors (Lipinski definition) is 4. The van der Waals surface area contributed by atoms with Crippen LogP contribution < -0.4 is 5.32 Å². The van der Waals surface area contributed by atoms with Gasteiger partial charge in [-0.05, 0) is 29.8 Å². The molecule has 5 nitrogen and oxygen atoms in total. The lowest BCUT2D eigenvalue weighted by molar-refractivity contribution is 0.0827. The molecule has 19 heavy (non-hydrogen) atoms. The van der Waals surface area contributed by atoms with E-state index in [1.165, 1.54) is 4.90 Å². The van der Waals surface area contributed by atoms with Crippen molar-refractivity contribution in [3.8, 4) is 0 Å². The van der Waals surface area contributed by atoms with Crippen molar-refractivity contribution < 1.29 is 4.79 Å². The summed E-state index contributed by atoms with van der Waals surface area (Å²) >= 11 is 0. The second kappa shape index (κ2) is 5.95. The van der Waals surface area contributed by atoms with Crippen LogP contribution in [-0.2, 0) is 6.54 Å². The van der Waals surface area contributed by atoms with E-state index in [1.54, 1.807) is 44.8 Å². The minimum Gasteiger partial charge on any atom is -0.366 e. The fourth-order valence-electron chi connectivity index (χ4n) is 1.58. The molecule has 0 fully saturated rings. The van der Waals surface area contributed by atoms with E-state index >= 15 is 0 Å². The highest BCUT2D eigenvalue weighted by Gasteiger charge is 2.07. The molecule has 0 aliphatic carbocycles. The smallest absolute Gasteiger partial charge is 0.254 e. The van der Waals surface area contributed by atoms with E-state index in [1.807, 2.05) is 12.1 Å². The van der Waals surface area contributed by atoms with Crippen molar-refractivity contribution in [3.05, 3.63) is 54.0 Å². The number of carbonyl (C=O) groups is 1. The van der Waals surface area contributed by atoms with E-state index in [4.69, 9.17) is 0 Å². The van der Waals surface area contributed by atoms with Crippen LogP contribution in [0.3, 0.4) is 0 Å². The van der Waals surface area contributed by atoms with Gasteiger partial charge in [0.05, 0.1) is 5.56 Å². The predicted molar refractivity (Wildman–Crippen MR) is 73.8 cm³/mol. The predicted octanol–water partition coefficient (Wildman–Crippen LogP) is 1.79. The number of nitrogens with zero attached hydrogens (tertiary/aromatic N) is 3. The first kappa shape index (κ1) is 13.0. The third-order valence-electron chi connectivity index (χ3n) is 2.64. The van der Waals surface area contributed by atoms with Crippen LogP contribution in [0.4, 0.5) is 5.82 Å². The summed E-state index contributed by atoms with van der Waals surface area (Å²) in [5.74, 6) is 0.695. The number of rotatable bonds is 4. The molecule has 1 N–H and O–H groups in total. The summed E-state index contributed by atoms with van der Waals surface area (Å²) in [7, 11) is 3.44. The summed E-state index contributed by atoms with van der Waals surface area (Å²) in [6.45, 7) is 0.677. The Morgan fingerprint density at radius 1 is 1.21 bits per heavy atom. The summed E-state index contributed by atoms with van der Waals surface area (Å²) in [5, 5.41) is 3.19. The highest BCUT2D eigenvalue weighted by atomic mass is 16.2. The average Bonchev–Trinajstić information content (AvgIpc) is 2.46. The number of amides is 1. The zero-order valence-corrected chi connectivity index (χ0v) is 11.0. The number of nitrogens with one attached hydrogen (secondary N) is 1. The molecule has 2 heterocycles. The molecule has 0 spiro atoms. The van der Waals surface area contributed by atoms with Crippen LogP contribution >= 0.6 is 0 Å². The SMILES string of the molecule is CN(C)C(=O)c1ccc(NCc2ccncc2)nc1. The standard InChI is InChI=1S/C14H16N4O/c1-18(2)14(19)12-3-4-13(17-10-12)16-9-11-5-7-15-8-6-11/h3-8,10H,9H2,1-2H3,(H,16,17). The topological polar surface area (TPSA) is 58.1 Å². The van der Waals surface area contributed by atoms with Gasteiger partial charge in [0.1, 0.15) is 5.82 Å². The van der Waals surface area contributed by atoms with Gasteiger partial charge in [-0.2, -0.15) is 0 Å². The van der Waals surface area contributed by atoms with Crippen LogP contribution in [0, 0.1) is 0 Å². The van der Waals surface area contributed by atoms with Crippen LogP contribution in [0.25, 0.3) is 0 Å². The van der Waals surface area contributed by atoms with Crippen molar-refractivity contribution in [2.24, 2.45) is 0 Å². The summed E-state index contributed by atoms with van der Waals surface area (Å²) in [6, 6.07) is 7.45. The quantitative estimate of drug-likeness (QED) is 0.906. The summed E-state index contributed by atoms with van der Waals surface area (Å²) < 4.78 is 0. The molecule has 2 aromatic rings. The molecular weight excluding hydrogens is 240 g/mol. The Labute approximate surface area is 112 Å². The lowest BCUT2D eigenvalue weighted by Crippen LogP contribution is -2.21. The molecule has 0 saturated heterocycles. The van der Waals surface area contributed by atoms with E-state index < -0.39 is 0 Å². The number of hydrogen-bond donors (Lipinski definition) is 1. The Balaban J connectivity index is 1.98. The second-order valence-electron chi connectivity index (χ2n) is 4.34. The fraction of sp³-hybridized carbons (Fsp3) is 0.214. The summed E-state index contributed by atoms with van der Waals surface area (Å²) in [6.07, 6.45) is 5.09. The van der Waals surface area contributed by atoms with Crippen LogP contribution in [0.2, 0.25) is 0 Å². The number of pyridine rings is 2. The lowest BCUT2D eigenvalue weighted by atomic mass is 10.2. The van der Waals surface area contributed by atoms with Crippen molar-refractivity contribution >= 4 is 11.7 Å². The van der Waals surface area contributed by atoms with Crippen molar-refractivity contribution in [1.82, 2.24) is 14.9 Å². The van der Waals surface area contributed by atoms with Gasteiger partial charge in [-0.1, -0.05) is 0 Å². The maximum atomic E-state index is 11.7. The molecule has 0 saturated carbocycles. The molecule has 0 atom stereocenters. The van der Waals surface area contributed by atoms with Gasteiger partial charge < -0.3 is 10.2 Å². The van der Waals surface area contributed by atoms with Gasteiger partial charge in [-0.3, -0.25) is 9.78 Å². The number of carbonyl (C=O) groups excluding carboxylic acids is 1. The molecule has 0 unspecified atom stereocenters. The van der Waals surface area contributed by atoms with Gasteiger partial charge in [-0.25, -0.2) is 4.98 Å². The van der Waals surface area contributed by atoms with E-state index in [0.29, 0.717) is 12.1 Å². The molecular formula is C14H16N4O. The van der Waals surface area contributed by atoms with Crippen molar-refractivity contribution in [1.29, 1.82) is 0 Å². The van der Waals surface area contributed by atoms with Crippen molar-refractivity contribution in [2.75, 3.05) is 19.4 Å². The number of anilines is 1. The molecule has 0 radical (unpaired) electrons. The zero-order chi connectivity index (χ0) is 13.7. The molecule has 0 aliphatic rings. The summed E-state index contributed by atoms with van der Waals surface area (Å²) in [5.41, 5.74) is 1.71. The molecule has 98 valence electrons. The van der Waals surface area contributed by atoms with E-state index in [0.717, 1.165) is 11.4 Å². The fourth-order valence-corrected chi connectivity index (χ4v) is 1.58. The molecule has 2 rings (SSSR count). The van der Waals surface area contributed by atoms with Crippen LogP contribution in [0.15, 0.2) is 42.9 Å². The van der Waals surface area contributed by atoms with Gasteiger partial charge >= 0.3 is 0 Å². The molecule has 0 aromatic carbocycles. The highest BCUT2D eigenvalue weighted by Crippen LogP contribution is 2.08. The molecule has 0 aliphatic heterocycles. The maximum Gasteiger partial charge on any atom is 0.254 e. The molecule has 5 heteroatoms. The first-order valence-corrected chi connectivity index (χ1v) is 5.97. The third-order valence-corrected chi connectivity index (χ3v) is 2.64. The largest absolute Gasteiger partial charge is 0.366 e. The Kier molecular flexibility index (Phi) is 4.07. The third kappa shape index (κ3) is 3.51. The van der Waals surface area contributed by atoms with Crippen LogP contribution in [-0.4, -0.2) is 34.9 Å². The first-order chi connectivity index (χ1) is 9.16. The molecule has 1 amide bonds. The number of aromatic nitrogens is 2. The minimum absolute atomic E-state index is 0.0480. The van der Waals surface area contributed by atoms with Crippen molar-refractivity contribution in [2.45, 2.75) is 6.54 Å². The average molecular weight is 256 g/mol. The Hall–Kier alpha value is -2.43. The van der Waals surface area contributed by atoms with Gasteiger partial charge in [0.25, 0.3) is 5.91 Å². The Morgan fingerprint density at radius 2 is 1.95 bits per heavy atom.